The molecule has 0 radical (unpaired) electrons. The first-order valence-corrected chi connectivity index (χ1v) is 7.11. The molecular weight excluding hydrogens is 380 g/mol. The highest BCUT2D eigenvalue weighted by Crippen LogP contribution is 2.31. The maximum absolute atomic E-state index is 11.9. The van der Waals surface area contributed by atoms with E-state index in [-0.39, 0.29) is 23.2 Å². The lowest BCUT2D eigenvalue weighted by atomic mass is 10.0. The van der Waals surface area contributed by atoms with Crippen LogP contribution in [0, 0.1) is 5.92 Å². The maximum Gasteiger partial charge on any atom is 0.337 e. The van der Waals surface area contributed by atoms with Gasteiger partial charge in [-0.3, -0.25) is 4.79 Å². The number of hydrogen-bond acceptors (Lipinski definition) is 3. The molecule has 0 spiro atoms. The summed E-state index contributed by atoms with van der Waals surface area (Å²) in [5.41, 5.74) is 5.89. The molecule has 0 heterocycles. The molecule has 1 amide bonds. The van der Waals surface area contributed by atoms with Crippen molar-refractivity contribution in [3.05, 3.63) is 26.6 Å². The fourth-order valence-electron chi connectivity index (χ4n) is 1.35. The van der Waals surface area contributed by atoms with Gasteiger partial charge < -0.3 is 16.2 Å². The second-order valence-corrected chi connectivity index (χ2v) is 6.02. The number of rotatable bonds is 4. The molecule has 1 rings (SSSR count). The zero-order valence-corrected chi connectivity index (χ0v) is 13.6. The number of carbonyl (C=O) groups is 2. The Kier molecular flexibility index (Phi) is 5.51. The van der Waals surface area contributed by atoms with Crippen LogP contribution in [0.2, 0.25) is 0 Å². The molecule has 2 atom stereocenters. The lowest BCUT2D eigenvalue weighted by molar-refractivity contribution is -0.119. The quantitative estimate of drug-likeness (QED) is 0.733. The third-order valence-electron chi connectivity index (χ3n) is 2.74. The summed E-state index contributed by atoms with van der Waals surface area (Å²) in [4.78, 5) is 23.1. The van der Waals surface area contributed by atoms with Gasteiger partial charge in [-0.25, -0.2) is 4.79 Å². The topological polar surface area (TPSA) is 92.4 Å². The minimum absolute atomic E-state index is 0.00599. The SMILES string of the molecule is CC(N)C(C)C(=O)Nc1c(Br)cc(Br)cc1C(=O)O. The van der Waals surface area contributed by atoms with Gasteiger partial charge in [-0.2, -0.15) is 0 Å². The number of hydrogen-bond donors (Lipinski definition) is 3. The fourth-order valence-corrected chi connectivity index (χ4v) is 2.67. The second kappa shape index (κ2) is 6.49. The molecule has 0 saturated carbocycles. The van der Waals surface area contributed by atoms with Crippen LogP contribution >= 0.6 is 31.9 Å². The number of halogens is 2. The molecule has 0 bridgehead atoms. The van der Waals surface area contributed by atoms with Crippen LogP contribution in [0.25, 0.3) is 0 Å². The molecule has 5 nitrogen and oxygen atoms in total. The number of anilines is 1. The number of carbonyl (C=O) groups excluding carboxylic acids is 1. The molecule has 0 aromatic heterocycles. The highest BCUT2D eigenvalue weighted by molar-refractivity contribution is 9.11. The van der Waals surface area contributed by atoms with Gasteiger partial charge in [0.05, 0.1) is 17.2 Å². The van der Waals surface area contributed by atoms with E-state index in [2.05, 4.69) is 37.2 Å². The summed E-state index contributed by atoms with van der Waals surface area (Å²) in [6.07, 6.45) is 0. The zero-order valence-electron chi connectivity index (χ0n) is 10.4. The van der Waals surface area contributed by atoms with E-state index in [9.17, 15) is 9.59 Å². The Morgan fingerprint density at radius 3 is 2.37 bits per heavy atom. The highest BCUT2D eigenvalue weighted by Gasteiger charge is 2.21. The van der Waals surface area contributed by atoms with Gasteiger partial charge in [-0.1, -0.05) is 22.9 Å². The Hall–Kier alpha value is -0.920. The lowest BCUT2D eigenvalue weighted by Gasteiger charge is -2.17. The molecule has 2 unspecified atom stereocenters. The molecule has 19 heavy (non-hydrogen) atoms. The average Bonchev–Trinajstić information content (AvgIpc) is 2.30. The molecule has 1 aromatic rings. The number of nitrogens with two attached hydrogens (primary N) is 1. The zero-order chi connectivity index (χ0) is 14.7. The molecule has 104 valence electrons. The van der Waals surface area contributed by atoms with Crippen molar-refractivity contribution < 1.29 is 14.7 Å². The predicted octanol–water partition coefficient (Wildman–Crippen LogP) is 2.83. The number of amides is 1. The Bertz CT molecular complexity index is 518. The summed E-state index contributed by atoms with van der Waals surface area (Å²) in [7, 11) is 0. The first kappa shape index (κ1) is 16.1. The van der Waals surface area contributed by atoms with Gasteiger partial charge in [0.1, 0.15) is 0 Å². The standard InChI is InChI=1S/C12H14Br2N2O3/c1-5(6(2)15)11(17)16-10-8(12(18)19)3-7(13)4-9(10)14/h3-6H,15H2,1-2H3,(H,16,17)(H,18,19). The van der Waals surface area contributed by atoms with Gasteiger partial charge in [0, 0.05) is 15.0 Å². The number of benzene rings is 1. The third kappa shape index (κ3) is 4.02. The maximum atomic E-state index is 11.9. The Labute approximate surface area is 127 Å². The second-order valence-electron chi connectivity index (χ2n) is 4.25. The molecule has 0 fully saturated rings. The van der Waals surface area contributed by atoms with E-state index in [0.29, 0.717) is 8.95 Å². The molecule has 0 aliphatic carbocycles. The molecule has 4 N–H and O–H groups in total. The summed E-state index contributed by atoms with van der Waals surface area (Å²) in [5, 5.41) is 11.8. The van der Waals surface area contributed by atoms with Crippen molar-refractivity contribution in [2.24, 2.45) is 11.7 Å². The number of carboxylic acid groups (broad SMARTS) is 1. The number of aromatic carboxylic acids is 1. The van der Waals surface area contributed by atoms with Crippen LogP contribution in [0.4, 0.5) is 5.69 Å². The minimum Gasteiger partial charge on any atom is -0.478 e. The van der Waals surface area contributed by atoms with Crippen molar-refractivity contribution in [2.75, 3.05) is 5.32 Å². The Morgan fingerprint density at radius 1 is 1.32 bits per heavy atom. The fraction of sp³-hybridized carbons (Fsp3) is 0.333. The highest BCUT2D eigenvalue weighted by atomic mass is 79.9. The van der Waals surface area contributed by atoms with E-state index < -0.39 is 11.9 Å². The van der Waals surface area contributed by atoms with E-state index >= 15 is 0 Å². The van der Waals surface area contributed by atoms with Crippen molar-refractivity contribution in [3.8, 4) is 0 Å². The third-order valence-corrected chi connectivity index (χ3v) is 3.82. The molecule has 7 heteroatoms. The van der Waals surface area contributed by atoms with Crippen molar-refractivity contribution in [1.82, 2.24) is 0 Å². The predicted molar refractivity (Wildman–Crippen MR) is 80.2 cm³/mol. The van der Waals surface area contributed by atoms with Crippen LogP contribution in [-0.4, -0.2) is 23.0 Å². The molecule has 1 aromatic carbocycles. The van der Waals surface area contributed by atoms with Gasteiger partial charge in [0.15, 0.2) is 0 Å². The normalized spacial score (nSPS) is 13.7. The van der Waals surface area contributed by atoms with E-state index in [0.717, 1.165) is 0 Å². The molecular formula is C12H14Br2N2O3. The minimum atomic E-state index is -1.12. The van der Waals surface area contributed by atoms with Gasteiger partial charge in [0.25, 0.3) is 0 Å². The van der Waals surface area contributed by atoms with Gasteiger partial charge in [-0.05, 0) is 35.0 Å². The summed E-state index contributed by atoms with van der Waals surface area (Å²) in [5.74, 6) is -1.86. The smallest absolute Gasteiger partial charge is 0.337 e. The number of carboxylic acids is 1. The summed E-state index contributed by atoms with van der Waals surface area (Å²) < 4.78 is 1.10. The van der Waals surface area contributed by atoms with Crippen molar-refractivity contribution in [2.45, 2.75) is 19.9 Å². The van der Waals surface area contributed by atoms with Crippen LogP contribution < -0.4 is 11.1 Å². The average molecular weight is 394 g/mol. The van der Waals surface area contributed by atoms with Crippen LogP contribution in [0.3, 0.4) is 0 Å². The summed E-state index contributed by atoms with van der Waals surface area (Å²) in [6.45, 7) is 3.41. The van der Waals surface area contributed by atoms with E-state index in [4.69, 9.17) is 10.8 Å². The molecule has 0 aliphatic heterocycles. The van der Waals surface area contributed by atoms with E-state index in [1.54, 1.807) is 19.9 Å². The molecule has 0 saturated heterocycles. The largest absolute Gasteiger partial charge is 0.478 e. The number of nitrogens with one attached hydrogen (secondary N) is 1. The van der Waals surface area contributed by atoms with Crippen molar-refractivity contribution in [3.63, 3.8) is 0 Å². The van der Waals surface area contributed by atoms with Crippen LogP contribution in [-0.2, 0) is 4.79 Å². The molecule has 0 aliphatic rings. The Morgan fingerprint density at radius 2 is 1.89 bits per heavy atom. The van der Waals surface area contributed by atoms with Crippen molar-refractivity contribution >= 4 is 49.4 Å². The first-order valence-electron chi connectivity index (χ1n) is 5.52. The van der Waals surface area contributed by atoms with Gasteiger partial charge in [0.2, 0.25) is 5.91 Å². The van der Waals surface area contributed by atoms with E-state index in [1.807, 2.05) is 0 Å². The first-order chi connectivity index (χ1) is 8.73. The van der Waals surface area contributed by atoms with Crippen LogP contribution in [0.5, 0.6) is 0 Å². The van der Waals surface area contributed by atoms with Crippen LogP contribution in [0.15, 0.2) is 21.1 Å². The van der Waals surface area contributed by atoms with Crippen molar-refractivity contribution in [1.29, 1.82) is 0 Å². The summed E-state index contributed by atoms with van der Waals surface area (Å²) >= 11 is 6.45. The van der Waals surface area contributed by atoms with Gasteiger partial charge >= 0.3 is 5.97 Å². The lowest BCUT2D eigenvalue weighted by Crippen LogP contribution is -2.34. The monoisotopic (exact) mass is 392 g/mol. The van der Waals surface area contributed by atoms with Crippen LogP contribution in [0.1, 0.15) is 24.2 Å². The van der Waals surface area contributed by atoms with E-state index in [1.165, 1.54) is 6.07 Å². The summed E-state index contributed by atoms with van der Waals surface area (Å²) in [6, 6.07) is 2.78. The Balaban J connectivity index is 3.14. The van der Waals surface area contributed by atoms with Gasteiger partial charge in [-0.15, -0.1) is 0 Å².